The molecule has 0 amide bonds. The second-order valence-corrected chi connectivity index (χ2v) is 5.86. The molecule has 0 saturated carbocycles. The number of phenolic OH excluding ortho intramolecular Hbond substituents is 1. The first-order valence-corrected chi connectivity index (χ1v) is 7.85. The third kappa shape index (κ3) is 2.44. The number of phenols is 1. The normalized spacial score (nSPS) is 10.9. The van der Waals surface area contributed by atoms with Crippen molar-refractivity contribution in [3.05, 3.63) is 71.5 Å². The van der Waals surface area contributed by atoms with Gasteiger partial charge < -0.3 is 10.8 Å². The molecule has 0 fully saturated rings. The van der Waals surface area contributed by atoms with Crippen molar-refractivity contribution in [2.24, 2.45) is 0 Å². The molecule has 0 spiro atoms. The average molecular weight is 343 g/mol. The number of aromatic hydroxyl groups is 1. The highest BCUT2D eigenvalue weighted by Crippen LogP contribution is 2.31. The van der Waals surface area contributed by atoms with Crippen molar-refractivity contribution in [2.45, 2.75) is 0 Å². The van der Waals surface area contributed by atoms with E-state index < -0.39 is 5.78 Å². The van der Waals surface area contributed by atoms with Crippen LogP contribution in [0.25, 0.3) is 21.8 Å². The van der Waals surface area contributed by atoms with Crippen LogP contribution >= 0.6 is 0 Å². The molecule has 6 nitrogen and oxygen atoms in total. The zero-order valence-electron chi connectivity index (χ0n) is 13.5. The number of fused-ring (bicyclic) bond motifs is 2. The van der Waals surface area contributed by atoms with E-state index in [1.165, 1.54) is 6.20 Å². The zero-order valence-corrected chi connectivity index (χ0v) is 13.5. The monoisotopic (exact) mass is 343 g/mol. The van der Waals surface area contributed by atoms with E-state index in [-0.39, 0.29) is 22.6 Å². The highest BCUT2D eigenvalue weighted by Gasteiger charge is 2.20. The van der Waals surface area contributed by atoms with Gasteiger partial charge in [0.25, 0.3) is 0 Å². The Morgan fingerprint density at radius 3 is 2.69 bits per heavy atom. The molecule has 0 unspecified atom stereocenters. The van der Waals surface area contributed by atoms with E-state index in [1.54, 1.807) is 48.5 Å². The fourth-order valence-corrected chi connectivity index (χ4v) is 2.93. The minimum Gasteiger partial charge on any atom is -0.506 e. The maximum Gasteiger partial charge on any atom is 0.216 e. The minimum absolute atomic E-state index is 0.00916. The van der Waals surface area contributed by atoms with Gasteiger partial charge in [0.15, 0.2) is 6.29 Å². The summed E-state index contributed by atoms with van der Waals surface area (Å²) in [4.78, 5) is 32.8. The Bertz CT molecular complexity index is 1200. The van der Waals surface area contributed by atoms with Crippen LogP contribution in [0, 0.1) is 0 Å². The lowest BCUT2D eigenvalue weighted by atomic mass is 9.97. The van der Waals surface area contributed by atoms with E-state index >= 15 is 0 Å². The van der Waals surface area contributed by atoms with Gasteiger partial charge in [0.05, 0.1) is 28.4 Å². The van der Waals surface area contributed by atoms with Gasteiger partial charge in [0.1, 0.15) is 11.4 Å². The van der Waals surface area contributed by atoms with Crippen LogP contribution in [-0.2, 0) is 0 Å². The molecule has 4 aromatic rings. The Morgan fingerprint density at radius 1 is 1.08 bits per heavy atom. The highest BCUT2D eigenvalue weighted by molar-refractivity contribution is 6.15. The third-order valence-corrected chi connectivity index (χ3v) is 4.22. The van der Waals surface area contributed by atoms with Gasteiger partial charge in [-0.25, -0.2) is 4.98 Å². The summed E-state index contributed by atoms with van der Waals surface area (Å²) in [7, 11) is 0. The molecular formula is C20H13N3O3. The molecule has 4 rings (SSSR count). The highest BCUT2D eigenvalue weighted by atomic mass is 16.3. The summed E-state index contributed by atoms with van der Waals surface area (Å²) < 4.78 is 0. The van der Waals surface area contributed by atoms with E-state index in [2.05, 4.69) is 9.97 Å². The average Bonchev–Trinajstić information content (AvgIpc) is 2.66. The molecule has 0 radical (unpaired) electrons. The molecule has 1 aromatic heterocycles. The Morgan fingerprint density at radius 2 is 1.88 bits per heavy atom. The molecule has 26 heavy (non-hydrogen) atoms. The number of hydrogen-bond acceptors (Lipinski definition) is 6. The largest absolute Gasteiger partial charge is 0.506 e. The van der Waals surface area contributed by atoms with Gasteiger partial charge in [0, 0.05) is 5.69 Å². The first-order valence-electron chi connectivity index (χ1n) is 7.85. The first-order chi connectivity index (χ1) is 12.6. The lowest BCUT2D eigenvalue weighted by molar-refractivity contribution is 0.103. The smallest absolute Gasteiger partial charge is 0.216 e. The van der Waals surface area contributed by atoms with E-state index in [9.17, 15) is 14.7 Å². The number of ketones is 1. The molecule has 126 valence electrons. The van der Waals surface area contributed by atoms with E-state index in [4.69, 9.17) is 5.73 Å². The molecule has 0 aliphatic heterocycles. The SMILES string of the molecule is Nc1ccc2nc(C(=O)c3cc4ccccc4c(C=O)c3O)cnc2c1. The number of nitrogen functional groups attached to an aromatic ring is 1. The Kier molecular flexibility index (Phi) is 3.58. The topological polar surface area (TPSA) is 106 Å². The van der Waals surface area contributed by atoms with Crippen LogP contribution in [0.2, 0.25) is 0 Å². The van der Waals surface area contributed by atoms with Gasteiger partial charge in [-0.3, -0.25) is 14.6 Å². The summed E-state index contributed by atoms with van der Waals surface area (Å²) in [6, 6.07) is 13.6. The molecule has 1 heterocycles. The van der Waals surface area contributed by atoms with Crippen LogP contribution in [0.15, 0.2) is 54.7 Å². The predicted octanol–water partition coefficient (Wildman–Crippen LogP) is 3.11. The maximum atomic E-state index is 12.9. The van der Waals surface area contributed by atoms with Gasteiger partial charge in [-0.1, -0.05) is 24.3 Å². The van der Waals surface area contributed by atoms with Crippen molar-refractivity contribution >= 4 is 39.6 Å². The van der Waals surface area contributed by atoms with E-state index in [1.807, 2.05) is 0 Å². The van der Waals surface area contributed by atoms with Crippen molar-refractivity contribution in [2.75, 3.05) is 5.73 Å². The molecule has 0 saturated heterocycles. The summed E-state index contributed by atoms with van der Waals surface area (Å²) >= 11 is 0. The molecule has 3 aromatic carbocycles. The summed E-state index contributed by atoms with van der Waals surface area (Å²) in [5, 5.41) is 11.7. The van der Waals surface area contributed by atoms with E-state index in [0.717, 1.165) is 0 Å². The standard InChI is InChI=1S/C20H13N3O3/c21-12-5-6-16-17(8-12)22-9-18(23-16)20(26)14-7-11-3-1-2-4-13(11)15(10-24)19(14)25/h1-10,25H,21H2. The number of rotatable bonds is 3. The van der Waals surface area contributed by atoms with Gasteiger partial charge in [-0.2, -0.15) is 0 Å². The second-order valence-electron chi connectivity index (χ2n) is 5.86. The lowest BCUT2D eigenvalue weighted by Gasteiger charge is -2.09. The van der Waals surface area contributed by atoms with Crippen LogP contribution in [0.4, 0.5) is 5.69 Å². The lowest BCUT2D eigenvalue weighted by Crippen LogP contribution is -2.07. The summed E-state index contributed by atoms with van der Waals surface area (Å²) in [5.74, 6) is -0.870. The molecule has 0 bridgehead atoms. The number of anilines is 1. The van der Waals surface area contributed by atoms with Crippen LogP contribution in [0.5, 0.6) is 5.75 Å². The number of aldehydes is 1. The van der Waals surface area contributed by atoms with Gasteiger partial charge in [-0.15, -0.1) is 0 Å². The summed E-state index contributed by atoms with van der Waals surface area (Å²) in [5.41, 5.74) is 7.51. The molecule has 3 N–H and O–H groups in total. The van der Waals surface area contributed by atoms with E-state index in [0.29, 0.717) is 33.8 Å². The van der Waals surface area contributed by atoms with Gasteiger partial charge >= 0.3 is 0 Å². The number of hydrogen-bond donors (Lipinski definition) is 2. The Hall–Kier alpha value is -3.80. The number of nitrogens with two attached hydrogens (primary N) is 1. The van der Waals surface area contributed by atoms with Crippen molar-refractivity contribution < 1.29 is 14.7 Å². The molecule has 0 aliphatic rings. The summed E-state index contributed by atoms with van der Waals surface area (Å²) in [6.45, 7) is 0. The van der Waals surface area contributed by atoms with Gasteiger partial charge in [-0.05, 0) is 35.0 Å². The molecule has 0 atom stereocenters. The van der Waals surface area contributed by atoms with Crippen LogP contribution in [0.3, 0.4) is 0 Å². The predicted molar refractivity (Wildman–Crippen MR) is 98.4 cm³/mol. The van der Waals surface area contributed by atoms with Crippen LogP contribution in [-0.4, -0.2) is 27.1 Å². The van der Waals surface area contributed by atoms with Crippen molar-refractivity contribution in [1.82, 2.24) is 9.97 Å². The Labute approximate surface area is 147 Å². The van der Waals surface area contributed by atoms with Crippen molar-refractivity contribution in [3.8, 4) is 5.75 Å². The minimum atomic E-state index is -0.512. The number of nitrogens with zero attached hydrogens (tertiary/aromatic N) is 2. The quantitative estimate of drug-likeness (QED) is 0.336. The van der Waals surface area contributed by atoms with Crippen LogP contribution in [0.1, 0.15) is 26.4 Å². The zero-order chi connectivity index (χ0) is 18.3. The van der Waals surface area contributed by atoms with Crippen LogP contribution < -0.4 is 5.73 Å². The molecular weight excluding hydrogens is 330 g/mol. The fourth-order valence-electron chi connectivity index (χ4n) is 2.93. The molecule has 6 heteroatoms. The number of carbonyl (C=O) groups is 2. The Balaban J connectivity index is 1.89. The third-order valence-electron chi connectivity index (χ3n) is 4.22. The number of carbonyl (C=O) groups excluding carboxylic acids is 2. The number of benzene rings is 3. The fraction of sp³-hybridized carbons (Fsp3) is 0. The van der Waals surface area contributed by atoms with Crippen molar-refractivity contribution in [3.63, 3.8) is 0 Å². The first kappa shape index (κ1) is 15.7. The second kappa shape index (κ2) is 5.93. The molecule has 0 aliphatic carbocycles. The summed E-state index contributed by atoms with van der Waals surface area (Å²) in [6.07, 6.45) is 1.88. The van der Waals surface area contributed by atoms with Crippen molar-refractivity contribution in [1.29, 1.82) is 0 Å². The number of aromatic nitrogens is 2. The maximum absolute atomic E-state index is 12.9. The van der Waals surface area contributed by atoms with Gasteiger partial charge in [0.2, 0.25) is 5.78 Å².